The van der Waals surface area contributed by atoms with E-state index >= 15 is 0 Å². The highest BCUT2D eigenvalue weighted by Gasteiger charge is 2.22. The first-order chi connectivity index (χ1) is 14.0. The lowest BCUT2D eigenvalue weighted by molar-refractivity contribution is -0.130. The summed E-state index contributed by atoms with van der Waals surface area (Å²) >= 11 is 0. The van der Waals surface area contributed by atoms with Crippen LogP contribution in [0.1, 0.15) is 31.2 Å². The molecule has 1 aliphatic heterocycles. The molecule has 3 heterocycles. The van der Waals surface area contributed by atoms with Crippen LogP contribution in [0.5, 0.6) is 0 Å². The average molecular weight is 527 g/mol. The molecule has 2 aromatic heterocycles. The van der Waals surface area contributed by atoms with Crippen molar-refractivity contribution < 1.29 is 4.79 Å². The molecule has 3 rings (SSSR count). The summed E-state index contributed by atoms with van der Waals surface area (Å²) in [6.45, 7) is 7.83. The molecule has 8 nitrogen and oxygen atoms in total. The van der Waals surface area contributed by atoms with Gasteiger partial charge < -0.3 is 19.9 Å². The number of piperidine rings is 1. The highest BCUT2D eigenvalue weighted by atomic mass is 127. The van der Waals surface area contributed by atoms with Crippen LogP contribution in [0.2, 0.25) is 0 Å². The van der Waals surface area contributed by atoms with E-state index < -0.39 is 0 Å². The molecule has 30 heavy (non-hydrogen) atoms. The van der Waals surface area contributed by atoms with Crippen LogP contribution in [-0.2, 0) is 11.3 Å². The van der Waals surface area contributed by atoms with E-state index in [-0.39, 0.29) is 29.9 Å². The molecule has 1 saturated heterocycles. The highest BCUT2D eigenvalue weighted by molar-refractivity contribution is 14.0. The minimum absolute atomic E-state index is 0. The number of aliphatic imine (C=N–C) groups is 1. The summed E-state index contributed by atoms with van der Waals surface area (Å²) in [5.74, 6) is 0.984. The molecule has 1 amide bonds. The molecule has 2 aromatic rings. The van der Waals surface area contributed by atoms with E-state index in [9.17, 15) is 4.79 Å². The fourth-order valence-electron chi connectivity index (χ4n) is 3.52. The molecule has 1 aliphatic rings. The maximum absolute atomic E-state index is 11.9. The van der Waals surface area contributed by atoms with Crippen LogP contribution < -0.4 is 10.6 Å². The number of nitrogens with zero attached hydrogens (tertiary/aromatic N) is 5. The van der Waals surface area contributed by atoms with Gasteiger partial charge >= 0.3 is 0 Å². The highest BCUT2D eigenvalue weighted by Crippen LogP contribution is 2.11. The van der Waals surface area contributed by atoms with E-state index in [1.54, 1.807) is 19.0 Å². The van der Waals surface area contributed by atoms with E-state index in [2.05, 4.69) is 51.0 Å². The maximum Gasteiger partial charge on any atom is 0.236 e. The van der Waals surface area contributed by atoms with Crippen LogP contribution in [-0.4, -0.2) is 77.4 Å². The second-order valence-corrected chi connectivity index (χ2v) is 7.81. The zero-order valence-corrected chi connectivity index (χ0v) is 20.7. The van der Waals surface area contributed by atoms with Gasteiger partial charge in [0.1, 0.15) is 5.65 Å². The van der Waals surface area contributed by atoms with Gasteiger partial charge in [-0.2, -0.15) is 0 Å². The molecular formula is C21H34IN7O. The summed E-state index contributed by atoms with van der Waals surface area (Å²) < 4.78 is 2.09. The van der Waals surface area contributed by atoms with Gasteiger partial charge in [-0.25, -0.2) is 9.98 Å². The summed E-state index contributed by atoms with van der Waals surface area (Å²) in [6, 6.07) is 6.47. The number of aromatic nitrogens is 2. The molecule has 9 heteroatoms. The van der Waals surface area contributed by atoms with Gasteiger partial charge in [0.25, 0.3) is 0 Å². The predicted octanol–water partition coefficient (Wildman–Crippen LogP) is 1.87. The SMILES string of the molecule is CCNC(=NCc1cn2c(C)cccc2n1)NC1CCN(CC(=O)N(C)C)CC1.I. The molecule has 166 valence electrons. The largest absolute Gasteiger partial charge is 0.357 e. The van der Waals surface area contributed by atoms with Crippen LogP contribution in [0.4, 0.5) is 0 Å². The molecule has 0 saturated carbocycles. The van der Waals surface area contributed by atoms with E-state index in [4.69, 9.17) is 4.99 Å². The third-order valence-electron chi connectivity index (χ3n) is 5.28. The van der Waals surface area contributed by atoms with Crippen LogP contribution in [0.15, 0.2) is 29.4 Å². The Morgan fingerprint density at radius 2 is 2.03 bits per heavy atom. The van der Waals surface area contributed by atoms with Gasteiger partial charge in [-0.05, 0) is 38.8 Å². The number of fused-ring (bicyclic) bond motifs is 1. The van der Waals surface area contributed by atoms with Gasteiger partial charge in [0.2, 0.25) is 5.91 Å². The lowest BCUT2D eigenvalue weighted by Crippen LogP contribution is -2.50. The molecule has 0 unspecified atom stereocenters. The summed E-state index contributed by atoms with van der Waals surface area (Å²) in [4.78, 5) is 25.2. The zero-order valence-electron chi connectivity index (χ0n) is 18.4. The van der Waals surface area contributed by atoms with E-state index in [0.717, 1.165) is 55.5 Å². The molecule has 0 aliphatic carbocycles. The lowest BCUT2D eigenvalue weighted by Gasteiger charge is -2.33. The third kappa shape index (κ3) is 6.56. The Bertz CT molecular complexity index is 856. The van der Waals surface area contributed by atoms with Gasteiger partial charge in [-0.3, -0.25) is 9.69 Å². The van der Waals surface area contributed by atoms with Gasteiger partial charge in [-0.15, -0.1) is 24.0 Å². The van der Waals surface area contributed by atoms with Crippen molar-refractivity contribution in [1.82, 2.24) is 29.8 Å². The first-order valence-corrected chi connectivity index (χ1v) is 10.4. The normalized spacial score (nSPS) is 15.7. The number of carbonyl (C=O) groups excluding carboxylic acids is 1. The standard InChI is InChI=1S/C21H33N7O.HI/c1-5-22-21(23-13-18-14-28-16(2)7-6-8-19(28)24-18)25-17-9-11-27(12-10-17)15-20(29)26(3)4;/h6-8,14,17H,5,9-13,15H2,1-4H3,(H2,22,23,25);1H. The van der Waals surface area contributed by atoms with Gasteiger partial charge in [-0.1, -0.05) is 6.07 Å². The van der Waals surface area contributed by atoms with Crippen molar-refractivity contribution in [2.75, 3.05) is 40.3 Å². The smallest absolute Gasteiger partial charge is 0.236 e. The van der Waals surface area contributed by atoms with E-state index in [1.165, 1.54) is 0 Å². The summed E-state index contributed by atoms with van der Waals surface area (Å²) in [6.07, 6.45) is 4.05. The number of guanidine groups is 1. The predicted molar refractivity (Wildman–Crippen MR) is 131 cm³/mol. The Hall–Kier alpha value is -1.88. The third-order valence-corrected chi connectivity index (χ3v) is 5.28. The number of likely N-dealkylation sites (N-methyl/N-ethyl adjacent to an activating group) is 1. The number of carbonyl (C=O) groups is 1. The van der Waals surface area contributed by atoms with Gasteiger partial charge in [0.15, 0.2) is 5.96 Å². The average Bonchev–Trinajstić information content (AvgIpc) is 3.12. The number of aryl methyl sites for hydroxylation is 1. The first-order valence-electron chi connectivity index (χ1n) is 10.4. The lowest BCUT2D eigenvalue weighted by atomic mass is 10.1. The zero-order chi connectivity index (χ0) is 20.8. The molecule has 2 N–H and O–H groups in total. The second-order valence-electron chi connectivity index (χ2n) is 7.81. The molecular weight excluding hydrogens is 493 g/mol. The van der Waals surface area contributed by atoms with Gasteiger partial charge in [0, 0.05) is 51.7 Å². The van der Waals surface area contributed by atoms with Gasteiger partial charge in [0.05, 0.1) is 18.8 Å². The Kier molecular flexibility index (Phi) is 9.35. The number of halogens is 1. The summed E-state index contributed by atoms with van der Waals surface area (Å²) in [5.41, 5.74) is 3.07. The fraction of sp³-hybridized carbons (Fsp3) is 0.571. The number of imidazole rings is 1. The second kappa shape index (κ2) is 11.5. The number of rotatable bonds is 6. The number of nitrogens with one attached hydrogen (secondary N) is 2. The summed E-state index contributed by atoms with van der Waals surface area (Å²) in [5, 5.41) is 6.88. The van der Waals surface area contributed by atoms with Crippen LogP contribution in [0.3, 0.4) is 0 Å². The fourth-order valence-corrected chi connectivity index (χ4v) is 3.52. The van der Waals surface area contributed by atoms with Crippen molar-refractivity contribution >= 4 is 41.5 Å². The Labute approximate surface area is 196 Å². The molecule has 0 bridgehead atoms. The topological polar surface area (TPSA) is 77.3 Å². The maximum atomic E-state index is 11.9. The van der Waals surface area contributed by atoms with E-state index in [0.29, 0.717) is 19.1 Å². The Morgan fingerprint density at radius 3 is 2.67 bits per heavy atom. The Morgan fingerprint density at radius 1 is 1.30 bits per heavy atom. The molecule has 0 spiro atoms. The molecule has 1 fully saturated rings. The van der Waals surface area contributed by atoms with Crippen molar-refractivity contribution in [1.29, 1.82) is 0 Å². The van der Waals surface area contributed by atoms with Crippen LogP contribution in [0, 0.1) is 6.92 Å². The van der Waals surface area contributed by atoms with E-state index in [1.807, 2.05) is 12.1 Å². The van der Waals surface area contributed by atoms with Crippen molar-refractivity contribution in [2.45, 2.75) is 39.3 Å². The molecule has 0 atom stereocenters. The number of pyridine rings is 1. The van der Waals surface area contributed by atoms with Crippen molar-refractivity contribution in [3.63, 3.8) is 0 Å². The van der Waals surface area contributed by atoms with Crippen molar-refractivity contribution in [2.24, 2.45) is 4.99 Å². The van der Waals surface area contributed by atoms with Crippen molar-refractivity contribution in [3.05, 3.63) is 35.8 Å². The summed E-state index contributed by atoms with van der Waals surface area (Å²) in [7, 11) is 3.61. The number of likely N-dealkylation sites (tertiary alicyclic amines) is 1. The first kappa shape index (κ1) is 24.4. The monoisotopic (exact) mass is 527 g/mol. The van der Waals surface area contributed by atoms with Crippen LogP contribution >= 0.6 is 24.0 Å². The van der Waals surface area contributed by atoms with Crippen LogP contribution in [0.25, 0.3) is 5.65 Å². The van der Waals surface area contributed by atoms with Crippen molar-refractivity contribution in [3.8, 4) is 0 Å². The molecule has 0 radical (unpaired) electrons. The molecule has 0 aromatic carbocycles. The Balaban J connectivity index is 0.00000320. The minimum atomic E-state index is 0. The number of hydrogen-bond acceptors (Lipinski definition) is 4. The quantitative estimate of drug-likeness (QED) is 0.341. The number of amides is 1. The minimum Gasteiger partial charge on any atom is -0.357 e. The number of hydrogen-bond donors (Lipinski definition) is 2.